The monoisotopic (exact) mass is 336 g/mol. The van der Waals surface area contributed by atoms with Gasteiger partial charge in [0.05, 0.1) is 4.83 Å². The standard InChI is InChI=1S/C11H14Br2S/c1-6-8(12)4-9(14-6)10(13)7-5-11(7,2)3/h4,7,10H,5H2,1-3H3. The molecular formula is C11H14Br2S. The topological polar surface area (TPSA) is 0 Å². The average molecular weight is 338 g/mol. The Kier molecular flexibility index (Phi) is 2.87. The van der Waals surface area contributed by atoms with Crippen molar-refractivity contribution in [3.05, 3.63) is 20.3 Å². The molecule has 2 rings (SSSR count). The minimum atomic E-state index is 0.540. The van der Waals surface area contributed by atoms with Gasteiger partial charge >= 0.3 is 0 Å². The lowest BCUT2D eigenvalue weighted by Gasteiger charge is -2.08. The van der Waals surface area contributed by atoms with Crippen LogP contribution in [0.2, 0.25) is 0 Å². The van der Waals surface area contributed by atoms with E-state index in [1.165, 1.54) is 20.6 Å². The second kappa shape index (κ2) is 3.60. The van der Waals surface area contributed by atoms with Gasteiger partial charge in [0.2, 0.25) is 0 Å². The van der Waals surface area contributed by atoms with E-state index in [2.05, 4.69) is 58.7 Å². The quantitative estimate of drug-likeness (QED) is 0.642. The van der Waals surface area contributed by atoms with Crippen molar-refractivity contribution in [3.63, 3.8) is 0 Å². The molecule has 1 fully saturated rings. The number of thiophene rings is 1. The van der Waals surface area contributed by atoms with E-state index < -0.39 is 0 Å². The number of hydrogen-bond donors (Lipinski definition) is 0. The van der Waals surface area contributed by atoms with Crippen LogP contribution in [0.4, 0.5) is 0 Å². The van der Waals surface area contributed by atoms with Gasteiger partial charge in [0.25, 0.3) is 0 Å². The second-order valence-corrected chi connectivity index (χ2v) is 7.88. The van der Waals surface area contributed by atoms with Crippen LogP contribution >= 0.6 is 43.2 Å². The van der Waals surface area contributed by atoms with Crippen molar-refractivity contribution in [3.8, 4) is 0 Å². The summed E-state index contributed by atoms with van der Waals surface area (Å²) < 4.78 is 1.25. The third kappa shape index (κ3) is 1.96. The Balaban J connectivity index is 2.16. The van der Waals surface area contributed by atoms with Gasteiger partial charge in [-0.2, -0.15) is 0 Å². The summed E-state index contributed by atoms with van der Waals surface area (Å²) >= 11 is 9.30. The molecule has 0 amide bonds. The van der Waals surface area contributed by atoms with Crippen LogP contribution in [0.15, 0.2) is 10.5 Å². The third-order valence-corrected chi connectivity index (χ3v) is 6.75. The summed E-state index contributed by atoms with van der Waals surface area (Å²) in [4.78, 5) is 3.39. The lowest BCUT2D eigenvalue weighted by Crippen LogP contribution is -1.96. The number of rotatable bonds is 2. The average Bonchev–Trinajstić information content (AvgIpc) is 2.59. The molecule has 0 aliphatic heterocycles. The van der Waals surface area contributed by atoms with E-state index in [1.807, 2.05) is 11.3 Å². The SMILES string of the molecule is Cc1sc(C(Br)C2CC2(C)C)cc1Br. The zero-order valence-electron chi connectivity index (χ0n) is 8.60. The number of halogens is 2. The van der Waals surface area contributed by atoms with E-state index in [4.69, 9.17) is 0 Å². The van der Waals surface area contributed by atoms with Crippen LogP contribution in [0, 0.1) is 18.3 Å². The molecule has 0 saturated heterocycles. The largest absolute Gasteiger partial charge is 0.143 e. The first-order valence-electron chi connectivity index (χ1n) is 4.82. The summed E-state index contributed by atoms with van der Waals surface area (Å²) in [5.41, 5.74) is 0.540. The Morgan fingerprint density at radius 3 is 2.50 bits per heavy atom. The van der Waals surface area contributed by atoms with Gasteiger partial charge in [-0.1, -0.05) is 29.8 Å². The van der Waals surface area contributed by atoms with Crippen LogP contribution in [-0.4, -0.2) is 0 Å². The Hall–Kier alpha value is 0.660. The zero-order valence-corrected chi connectivity index (χ0v) is 12.6. The maximum Gasteiger partial charge on any atom is 0.0523 e. The second-order valence-electron chi connectivity index (χ2n) is 4.75. The molecule has 14 heavy (non-hydrogen) atoms. The molecule has 1 aliphatic rings. The summed E-state index contributed by atoms with van der Waals surface area (Å²) in [5, 5.41) is 0. The molecule has 1 aromatic rings. The Labute approximate surface area is 106 Å². The fourth-order valence-electron chi connectivity index (χ4n) is 1.82. The fraction of sp³-hybridized carbons (Fsp3) is 0.636. The minimum Gasteiger partial charge on any atom is -0.143 e. The highest BCUT2D eigenvalue weighted by molar-refractivity contribution is 9.10. The molecule has 0 nitrogen and oxygen atoms in total. The van der Waals surface area contributed by atoms with Gasteiger partial charge in [0, 0.05) is 14.2 Å². The molecule has 78 valence electrons. The summed E-state index contributed by atoms with van der Waals surface area (Å²) in [6, 6.07) is 2.26. The Morgan fingerprint density at radius 2 is 2.14 bits per heavy atom. The molecule has 1 aliphatic carbocycles. The Bertz CT molecular complexity index is 335. The predicted octanol–water partition coefficient (Wildman–Crippen LogP) is 5.30. The Morgan fingerprint density at radius 1 is 1.57 bits per heavy atom. The highest BCUT2D eigenvalue weighted by Gasteiger charge is 2.50. The minimum absolute atomic E-state index is 0.540. The van der Waals surface area contributed by atoms with Gasteiger partial charge in [0.1, 0.15) is 0 Å². The number of alkyl halides is 1. The van der Waals surface area contributed by atoms with Crippen molar-refractivity contribution in [1.29, 1.82) is 0 Å². The van der Waals surface area contributed by atoms with Crippen LogP contribution < -0.4 is 0 Å². The van der Waals surface area contributed by atoms with Crippen LogP contribution in [0.5, 0.6) is 0 Å². The van der Waals surface area contributed by atoms with Crippen LogP contribution in [0.1, 0.15) is 34.8 Å². The molecule has 0 aromatic carbocycles. The van der Waals surface area contributed by atoms with Gasteiger partial charge in [-0.05, 0) is 46.7 Å². The predicted molar refractivity (Wildman–Crippen MR) is 70.3 cm³/mol. The number of aryl methyl sites for hydroxylation is 1. The molecule has 3 heteroatoms. The van der Waals surface area contributed by atoms with Gasteiger partial charge in [-0.3, -0.25) is 0 Å². The molecule has 2 atom stereocenters. The van der Waals surface area contributed by atoms with Gasteiger partial charge in [-0.25, -0.2) is 0 Å². The molecule has 0 radical (unpaired) electrons. The smallest absolute Gasteiger partial charge is 0.0523 e. The molecule has 0 bridgehead atoms. The van der Waals surface area contributed by atoms with E-state index in [0.29, 0.717) is 10.2 Å². The van der Waals surface area contributed by atoms with E-state index in [-0.39, 0.29) is 0 Å². The molecule has 1 saturated carbocycles. The highest BCUT2D eigenvalue weighted by atomic mass is 79.9. The van der Waals surface area contributed by atoms with E-state index in [1.54, 1.807) is 0 Å². The summed E-state index contributed by atoms with van der Waals surface area (Å²) in [6.45, 7) is 6.86. The first kappa shape index (κ1) is 11.2. The molecule has 2 unspecified atom stereocenters. The van der Waals surface area contributed by atoms with Crippen LogP contribution in [-0.2, 0) is 0 Å². The fourth-order valence-corrected chi connectivity index (χ4v) is 4.74. The summed E-state index contributed by atoms with van der Waals surface area (Å²) in [5.74, 6) is 0.812. The molecule has 1 heterocycles. The first-order valence-corrected chi connectivity index (χ1v) is 7.34. The first-order chi connectivity index (χ1) is 6.42. The molecule has 0 N–H and O–H groups in total. The van der Waals surface area contributed by atoms with E-state index in [9.17, 15) is 0 Å². The van der Waals surface area contributed by atoms with Crippen LogP contribution in [0.3, 0.4) is 0 Å². The molecular weight excluding hydrogens is 324 g/mol. The lowest BCUT2D eigenvalue weighted by molar-refractivity contribution is 0.557. The highest BCUT2D eigenvalue weighted by Crippen LogP contribution is 2.61. The van der Waals surface area contributed by atoms with Crippen molar-refractivity contribution in [2.45, 2.75) is 32.0 Å². The zero-order chi connectivity index (χ0) is 10.5. The molecule has 1 aromatic heterocycles. The van der Waals surface area contributed by atoms with Crippen molar-refractivity contribution in [2.24, 2.45) is 11.3 Å². The van der Waals surface area contributed by atoms with Crippen molar-refractivity contribution >= 4 is 43.2 Å². The van der Waals surface area contributed by atoms with Crippen LogP contribution in [0.25, 0.3) is 0 Å². The van der Waals surface area contributed by atoms with Gasteiger partial charge < -0.3 is 0 Å². The van der Waals surface area contributed by atoms with Crippen molar-refractivity contribution in [2.75, 3.05) is 0 Å². The third-order valence-electron chi connectivity index (χ3n) is 3.09. The summed E-state index contributed by atoms with van der Waals surface area (Å²) in [6.07, 6.45) is 1.34. The maximum atomic E-state index is 3.83. The maximum absolute atomic E-state index is 3.83. The molecule has 0 spiro atoms. The van der Waals surface area contributed by atoms with Crippen molar-refractivity contribution in [1.82, 2.24) is 0 Å². The van der Waals surface area contributed by atoms with Gasteiger partial charge in [-0.15, -0.1) is 11.3 Å². The normalized spacial score (nSPS) is 26.2. The van der Waals surface area contributed by atoms with Crippen molar-refractivity contribution < 1.29 is 0 Å². The number of hydrogen-bond acceptors (Lipinski definition) is 1. The lowest BCUT2D eigenvalue weighted by atomic mass is 10.1. The van der Waals surface area contributed by atoms with E-state index in [0.717, 1.165) is 5.92 Å². The van der Waals surface area contributed by atoms with Gasteiger partial charge in [0.15, 0.2) is 0 Å². The van der Waals surface area contributed by atoms with E-state index >= 15 is 0 Å². The summed E-state index contributed by atoms with van der Waals surface area (Å²) in [7, 11) is 0.